The molecule has 0 aromatic heterocycles. The molecule has 0 saturated carbocycles. The first-order chi connectivity index (χ1) is 8.60. The number of benzene rings is 1. The Morgan fingerprint density at radius 1 is 1.28 bits per heavy atom. The molecule has 0 saturated heterocycles. The van der Waals surface area contributed by atoms with Gasteiger partial charge in [-0.15, -0.1) is 0 Å². The van der Waals surface area contributed by atoms with Crippen molar-refractivity contribution in [2.75, 3.05) is 6.61 Å². The second-order valence-corrected chi connectivity index (χ2v) is 4.70. The topological polar surface area (TPSA) is 56.8 Å². The number of nitriles is 2. The Balaban J connectivity index is 3.14. The van der Waals surface area contributed by atoms with Crippen LogP contribution in [0.1, 0.15) is 31.7 Å². The molecule has 1 unspecified atom stereocenters. The van der Waals surface area contributed by atoms with Crippen LogP contribution in [0.15, 0.2) is 18.2 Å². The number of hydrogen-bond acceptors (Lipinski definition) is 3. The Hall–Kier alpha value is -1.94. The summed E-state index contributed by atoms with van der Waals surface area (Å²) in [7, 11) is 2.02. The average molecular weight is 240 g/mol. The fourth-order valence-corrected chi connectivity index (χ4v) is 2.00. The summed E-state index contributed by atoms with van der Waals surface area (Å²) in [6.07, 6.45) is 0.462. The quantitative estimate of drug-likeness (QED) is 0.733. The zero-order chi connectivity index (χ0) is 13.5. The van der Waals surface area contributed by atoms with E-state index in [4.69, 9.17) is 15.3 Å². The van der Waals surface area contributed by atoms with Crippen molar-refractivity contribution in [1.82, 2.24) is 0 Å². The molecule has 0 aliphatic carbocycles. The Morgan fingerprint density at radius 3 is 2.56 bits per heavy atom. The number of hydrogen-bond donors (Lipinski definition) is 0. The summed E-state index contributed by atoms with van der Waals surface area (Å²) in [6.45, 7) is 4.23. The Bertz CT molecular complexity index is 486. The molecule has 92 valence electrons. The lowest BCUT2D eigenvalue weighted by atomic mass is 9.82. The van der Waals surface area contributed by atoms with Gasteiger partial charge in [0.15, 0.2) is 6.61 Å². The van der Waals surface area contributed by atoms with Gasteiger partial charge in [0.25, 0.3) is 0 Å². The third-order valence-corrected chi connectivity index (χ3v) is 2.97. The van der Waals surface area contributed by atoms with Gasteiger partial charge in [-0.25, -0.2) is 0 Å². The Morgan fingerprint density at radius 2 is 2.00 bits per heavy atom. The molecule has 1 aromatic rings. The second kappa shape index (κ2) is 6.72. The summed E-state index contributed by atoms with van der Waals surface area (Å²) >= 11 is 0. The predicted molar refractivity (Wildman–Crippen MR) is 73.5 cm³/mol. The highest BCUT2D eigenvalue weighted by Crippen LogP contribution is 2.33. The van der Waals surface area contributed by atoms with E-state index in [1.807, 2.05) is 26.0 Å². The molecule has 4 heteroatoms. The summed E-state index contributed by atoms with van der Waals surface area (Å²) in [6, 6.07) is 10.1. The van der Waals surface area contributed by atoms with Crippen molar-refractivity contribution in [2.24, 2.45) is 5.92 Å². The molecule has 0 fully saturated rings. The molecule has 1 atom stereocenters. The first-order valence-electron chi connectivity index (χ1n) is 6.07. The van der Waals surface area contributed by atoms with E-state index in [-0.39, 0.29) is 12.5 Å². The van der Waals surface area contributed by atoms with Gasteiger partial charge in [0, 0.05) is 12.3 Å². The maximum Gasteiger partial charge on any atom is 0.174 e. The van der Waals surface area contributed by atoms with Crippen LogP contribution >= 0.6 is 0 Å². The Labute approximate surface area is 109 Å². The third kappa shape index (κ3) is 3.53. The van der Waals surface area contributed by atoms with E-state index in [1.54, 1.807) is 0 Å². The first-order valence-corrected chi connectivity index (χ1v) is 6.07. The van der Waals surface area contributed by atoms with Crippen molar-refractivity contribution in [2.45, 2.75) is 26.2 Å². The normalized spacial score (nSPS) is 11.6. The Kier molecular flexibility index (Phi) is 5.27. The summed E-state index contributed by atoms with van der Waals surface area (Å²) in [5.41, 5.74) is 2.17. The van der Waals surface area contributed by atoms with Gasteiger partial charge in [0.1, 0.15) is 19.7 Å². The van der Waals surface area contributed by atoms with Crippen LogP contribution in [0.3, 0.4) is 0 Å². The summed E-state index contributed by atoms with van der Waals surface area (Å²) < 4.78 is 5.45. The largest absolute Gasteiger partial charge is 0.478 e. The molecule has 0 spiro atoms. The zero-order valence-corrected chi connectivity index (χ0v) is 11.1. The third-order valence-electron chi connectivity index (χ3n) is 2.97. The van der Waals surface area contributed by atoms with E-state index in [0.29, 0.717) is 12.3 Å². The molecule has 0 aliphatic heterocycles. The van der Waals surface area contributed by atoms with Crippen LogP contribution in [0.2, 0.25) is 0 Å². The zero-order valence-electron chi connectivity index (χ0n) is 11.1. The van der Waals surface area contributed by atoms with Crippen molar-refractivity contribution in [3.05, 3.63) is 23.8 Å². The lowest BCUT2D eigenvalue weighted by Crippen LogP contribution is -2.13. The van der Waals surface area contributed by atoms with E-state index < -0.39 is 0 Å². The van der Waals surface area contributed by atoms with Gasteiger partial charge in [-0.05, 0) is 17.5 Å². The van der Waals surface area contributed by atoms with Crippen molar-refractivity contribution >= 4 is 13.3 Å². The molecule has 0 amide bonds. The predicted octanol–water partition coefficient (Wildman–Crippen LogP) is 1.50. The smallest absolute Gasteiger partial charge is 0.174 e. The average Bonchev–Trinajstić information content (AvgIpc) is 2.34. The standard InChI is InChI=1S/C14H17BN2O/c1-10(2)12(5-6-16)13-9-11(15)3-4-14(13)18-8-7-17/h3-4,9-10,12H,5,8,15H2,1-2H3. The number of rotatable bonds is 5. The van der Waals surface area contributed by atoms with Crippen LogP contribution in [0.25, 0.3) is 0 Å². The fourth-order valence-electron chi connectivity index (χ4n) is 2.00. The molecule has 0 N–H and O–H groups in total. The minimum absolute atomic E-state index is 0.0351. The number of nitrogens with zero attached hydrogens (tertiary/aromatic N) is 2. The minimum atomic E-state index is 0.0351. The van der Waals surface area contributed by atoms with Crippen LogP contribution in [-0.2, 0) is 0 Å². The highest BCUT2D eigenvalue weighted by Gasteiger charge is 2.19. The van der Waals surface area contributed by atoms with Gasteiger partial charge in [-0.1, -0.05) is 31.4 Å². The van der Waals surface area contributed by atoms with Gasteiger partial charge < -0.3 is 4.74 Å². The first kappa shape index (κ1) is 14.1. The molecule has 3 nitrogen and oxygen atoms in total. The van der Waals surface area contributed by atoms with E-state index in [2.05, 4.69) is 26.0 Å². The van der Waals surface area contributed by atoms with Crippen molar-refractivity contribution in [3.63, 3.8) is 0 Å². The van der Waals surface area contributed by atoms with Crippen LogP contribution in [0.5, 0.6) is 5.75 Å². The van der Waals surface area contributed by atoms with Gasteiger partial charge in [0.2, 0.25) is 0 Å². The lowest BCUT2D eigenvalue weighted by molar-refractivity contribution is 0.355. The fraction of sp³-hybridized carbons (Fsp3) is 0.429. The molecule has 0 bridgehead atoms. The number of ether oxygens (including phenoxy) is 1. The SMILES string of the molecule is Bc1ccc(OCC#N)c(C(CC#N)C(C)C)c1. The van der Waals surface area contributed by atoms with Crippen LogP contribution in [0, 0.1) is 28.6 Å². The molecule has 18 heavy (non-hydrogen) atoms. The van der Waals surface area contributed by atoms with E-state index >= 15 is 0 Å². The highest BCUT2D eigenvalue weighted by molar-refractivity contribution is 6.32. The summed E-state index contributed by atoms with van der Waals surface area (Å²) in [4.78, 5) is 0. The molecular weight excluding hydrogens is 223 g/mol. The van der Waals surface area contributed by atoms with Crippen molar-refractivity contribution < 1.29 is 4.74 Å². The lowest BCUT2D eigenvalue weighted by Gasteiger charge is -2.21. The van der Waals surface area contributed by atoms with Crippen LogP contribution in [-0.4, -0.2) is 14.5 Å². The monoisotopic (exact) mass is 240 g/mol. The summed E-state index contributed by atoms with van der Waals surface area (Å²) in [5, 5.41) is 17.5. The molecular formula is C14H17BN2O. The van der Waals surface area contributed by atoms with E-state index in [1.165, 1.54) is 0 Å². The second-order valence-electron chi connectivity index (χ2n) is 4.70. The van der Waals surface area contributed by atoms with Gasteiger partial charge in [0.05, 0.1) is 6.07 Å². The van der Waals surface area contributed by atoms with Crippen LogP contribution in [0.4, 0.5) is 0 Å². The molecule has 0 heterocycles. The van der Waals surface area contributed by atoms with Crippen molar-refractivity contribution in [1.29, 1.82) is 10.5 Å². The van der Waals surface area contributed by atoms with Crippen LogP contribution < -0.4 is 10.2 Å². The molecule has 0 aliphatic rings. The molecule has 1 rings (SSSR count). The van der Waals surface area contributed by atoms with Gasteiger partial charge in [-0.2, -0.15) is 10.5 Å². The van der Waals surface area contributed by atoms with Crippen molar-refractivity contribution in [3.8, 4) is 17.9 Å². The molecule has 0 radical (unpaired) electrons. The van der Waals surface area contributed by atoms with Gasteiger partial charge >= 0.3 is 0 Å². The summed E-state index contributed by atoms with van der Waals surface area (Å²) in [5.74, 6) is 1.22. The highest BCUT2D eigenvalue weighted by atomic mass is 16.5. The maximum atomic E-state index is 8.94. The van der Waals surface area contributed by atoms with Gasteiger partial charge in [-0.3, -0.25) is 0 Å². The maximum absolute atomic E-state index is 8.94. The van der Waals surface area contributed by atoms with E-state index in [0.717, 1.165) is 16.8 Å². The van der Waals surface area contributed by atoms with E-state index in [9.17, 15) is 0 Å². The molecule has 1 aromatic carbocycles. The minimum Gasteiger partial charge on any atom is -0.478 e.